The second-order valence-electron chi connectivity index (χ2n) is 5.91. The summed E-state index contributed by atoms with van der Waals surface area (Å²) in [5.74, 6) is 0.855. The summed E-state index contributed by atoms with van der Waals surface area (Å²) in [5.41, 5.74) is 4.80. The molecule has 0 unspecified atom stereocenters. The molecule has 0 spiro atoms. The van der Waals surface area contributed by atoms with E-state index in [1.807, 2.05) is 43.2 Å². The maximum absolute atomic E-state index is 4.65. The molecule has 0 atom stereocenters. The van der Waals surface area contributed by atoms with Crippen LogP contribution in [0.1, 0.15) is 24.0 Å². The van der Waals surface area contributed by atoms with Crippen molar-refractivity contribution in [2.24, 2.45) is 0 Å². The Morgan fingerprint density at radius 1 is 1.17 bits per heavy atom. The molecule has 24 heavy (non-hydrogen) atoms. The van der Waals surface area contributed by atoms with Gasteiger partial charge in [0.1, 0.15) is 5.82 Å². The van der Waals surface area contributed by atoms with Crippen molar-refractivity contribution in [3.8, 4) is 11.4 Å². The molecule has 4 heterocycles. The van der Waals surface area contributed by atoms with Crippen molar-refractivity contribution < 1.29 is 0 Å². The zero-order valence-corrected chi connectivity index (χ0v) is 14.0. The van der Waals surface area contributed by atoms with E-state index in [2.05, 4.69) is 42.3 Å². The zero-order chi connectivity index (χ0) is 16.7. The van der Waals surface area contributed by atoms with Gasteiger partial charge >= 0.3 is 0 Å². The van der Waals surface area contributed by atoms with Gasteiger partial charge in [0.2, 0.25) is 0 Å². The van der Waals surface area contributed by atoms with Crippen LogP contribution in [0.15, 0.2) is 37.2 Å². The summed E-state index contributed by atoms with van der Waals surface area (Å²) in [5, 5.41) is 4.46. The van der Waals surface area contributed by atoms with Crippen molar-refractivity contribution in [2.75, 3.05) is 0 Å². The molecule has 4 rings (SSSR count). The SMILES string of the molecule is CCn1cnc(Cn2ccnc2-c2cnn3c(C)cc(C)nc23)c1. The molecular formula is C17H19N7. The normalized spacial score (nSPS) is 11.5. The molecule has 0 aliphatic carbocycles. The lowest BCUT2D eigenvalue weighted by Crippen LogP contribution is -2.02. The van der Waals surface area contributed by atoms with Crippen LogP contribution in [0, 0.1) is 13.8 Å². The molecule has 4 aromatic rings. The fourth-order valence-electron chi connectivity index (χ4n) is 2.94. The number of hydrogen-bond acceptors (Lipinski definition) is 4. The highest BCUT2D eigenvalue weighted by Crippen LogP contribution is 2.23. The molecule has 7 nitrogen and oxygen atoms in total. The first kappa shape index (κ1) is 14.6. The van der Waals surface area contributed by atoms with Gasteiger partial charge in [0.05, 0.1) is 30.3 Å². The molecule has 0 fully saturated rings. The third-order valence-electron chi connectivity index (χ3n) is 4.12. The first-order chi connectivity index (χ1) is 11.7. The topological polar surface area (TPSA) is 65.8 Å². The third-order valence-corrected chi connectivity index (χ3v) is 4.12. The van der Waals surface area contributed by atoms with E-state index in [-0.39, 0.29) is 0 Å². The molecular weight excluding hydrogens is 302 g/mol. The molecule has 0 saturated carbocycles. The Morgan fingerprint density at radius 3 is 2.83 bits per heavy atom. The summed E-state index contributed by atoms with van der Waals surface area (Å²) in [6.07, 6.45) is 9.52. The van der Waals surface area contributed by atoms with Gasteiger partial charge in [0.25, 0.3) is 0 Å². The van der Waals surface area contributed by atoms with Crippen LogP contribution in [0.4, 0.5) is 0 Å². The molecule has 0 aliphatic heterocycles. The van der Waals surface area contributed by atoms with E-state index in [0.717, 1.165) is 40.7 Å². The van der Waals surface area contributed by atoms with Gasteiger partial charge < -0.3 is 9.13 Å². The molecule has 0 aromatic carbocycles. The van der Waals surface area contributed by atoms with Gasteiger partial charge in [-0.15, -0.1) is 0 Å². The van der Waals surface area contributed by atoms with E-state index in [9.17, 15) is 0 Å². The summed E-state index contributed by atoms with van der Waals surface area (Å²) in [4.78, 5) is 13.6. The van der Waals surface area contributed by atoms with Gasteiger partial charge in [-0.1, -0.05) is 0 Å². The highest BCUT2D eigenvalue weighted by Gasteiger charge is 2.15. The lowest BCUT2D eigenvalue weighted by Gasteiger charge is -2.06. The quantitative estimate of drug-likeness (QED) is 0.579. The average Bonchev–Trinajstić information content (AvgIpc) is 3.26. The molecule has 0 saturated heterocycles. The predicted molar refractivity (Wildman–Crippen MR) is 90.7 cm³/mol. The van der Waals surface area contributed by atoms with Crippen LogP contribution in [-0.2, 0) is 13.1 Å². The number of nitrogens with zero attached hydrogens (tertiary/aromatic N) is 7. The summed E-state index contributed by atoms with van der Waals surface area (Å²) in [6.45, 7) is 7.71. The van der Waals surface area contributed by atoms with Crippen LogP contribution >= 0.6 is 0 Å². The molecule has 0 aliphatic rings. The van der Waals surface area contributed by atoms with E-state index in [1.54, 1.807) is 6.20 Å². The van der Waals surface area contributed by atoms with Crippen LogP contribution in [0.25, 0.3) is 17.0 Å². The Hall–Kier alpha value is -2.96. The first-order valence-electron chi connectivity index (χ1n) is 8.00. The number of aromatic nitrogens is 7. The molecule has 7 heteroatoms. The third kappa shape index (κ3) is 2.38. The van der Waals surface area contributed by atoms with Crippen molar-refractivity contribution in [3.05, 3.63) is 54.3 Å². The minimum Gasteiger partial charge on any atom is -0.337 e. The Kier molecular flexibility index (Phi) is 3.41. The number of aryl methyl sites for hydroxylation is 3. The fourth-order valence-corrected chi connectivity index (χ4v) is 2.94. The van der Waals surface area contributed by atoms with E-state index >= 15 is 0 Å². The summed E-state index contributed by atoms with van der Waals surface area (Å²) in [7, 11) is 0. The van der Waals surface area contributed by atoms with Crippen LogP contribution < -0.4 is 0 Å². The van der Waals surface area contributed by atoms with E-state index < -0.39 is 0 Å². The molecule has 0 radical (unpaired) electrons. The maximum Gasteiger partial charge on any atom is 0.166 e. The number of imidazole rings is 2. The van der Waals surface area contributed by atoms with Gasteiger partial charge in [0, 0.05) is 36.5 Å². The Labute approximate surface area is 139 Å². The predicted octanol–water partition coefficient (Wildman–Crippen LogP) is 2.47. The average molecular weight is 321 g/mol. The van der Waals surface area contributed by atoms with Crippen molar-refractivity contribution in [2.45, 2.75) is 33.9 Å². The van der Waals surface area contributed by atoms with Gasteiger partial charge in [0.15, 0.2) is 5.65 Å². The standard InChI is InChI=1S/C17H19N7/c1-4-22-9-14(19-11-22)10-23-6-5-18-16(23)15-8-20-24-13(3)7-12(2)21-17(15)24/h5-9,11H,4,10H2,1-3H3. The zero-order valence-electron chi connectivity index (χ0n) is 14.0. The molecule has 0 bridgehead atoms. The van der Waals surface area contributed by atoms with E-state index in [0.29, 0.717) is 6.54 Å². The van der Waals surface area contributed by atoms with Crippen molar-refractivity contribution in [1.82, 2.24) is 33.7 Å². The summed E-state index contributed by atoms with van der Waals surface area (Å²) in [6, 6.07) is 2.02. The minimum atomic E-state index is 0.671. The lowest BCUT2D eigenvalue weighted by atomic mass is 10.3. The number of rotatable bonds is 4. The fraction of sp³-hybridized carbons (Fsp3) is 0.294. The smallest absolute Gasteiger partial charge is 0.166 e. The molecule has 0 amide bonds. The van der Waals surface area contributed by atoms with E-state index in [1.165, 1.54) is 0 Å². The van der Waals surface area contributed by atoms with Crippen LogP contribution in [0.2, 0.25) is 0 Å². The molecule has 122 valence electrons. The number of fused-ring (bicyclic) bond motifs is 1. The monoisotopic (exact) mass is 321 g/mol. The Bertz CT molecular complexity index is 1010. The second-order valence-corrected chi connectivity index (χ2v) is 5.91. The summed E-state index contributed by atoms with van der Waals surface area (Å²) < 4.78 is 6.00. The van der Waals surface area contributed by atoms with Crippen LogP contribution in [0.3, 0.4) is 0 Å². The van der Waals surface area contributed by atoms with Crippen molar-refractivity contribution >= 4 is 5.65 Å². The largest absolute Gasteiger partial charge is 0.337 e. The minimum absolute atomic E-state index is 0.671. The molecule has 0 N–H and O–H groups in total. The van der Waals surface area contributed by atoms with Crippen molar-refractivity contribution in [1.29, 1.82) is 0 Å². The van der Waals surface area contributed by atoms with Crippen LogP contribution in [-0.4, -0.2) is 33.7 Å². The summed E-state index contributed by atoms with van der Waals surface area (Å²) >= 11 is 0. The van der Waals surface area contributed by atoms with Gasteiger partial charge in [-0.05, 0) is 26.8 Å². The Morgan fingerprint density at radius 2 is 2.04 bits per heavy atom. The highest BCUT2D eigenvalue weighted by molar-refractivity contribution is 5.72. The van der Waals surface area contributed by atoms with Gasteiger partial charge in [-0.3, -0.25) is 0 Å². The lowest BCUT2D eigenvalue weighted by molar-refractivity contribution is 0.754. The first-order valence-corrected chi connectivity index (χ1v) is 8.00. The number of hydrogen-bond donors (Lipinski definition) is 0. The van der Waals surface area contributed by atoms with Crippen LogP contribution in [0.5, 0.6) is 0 Å². The highest BCUT2D eigenvalue weighted by atomic mass is 15.3. The van der Waals surface area contributed by atoms with E-state index in [4.69, 9.17) is 0 Å². The second kappa shape index (κ2) is 5.59. The van der Waals surface area contributed by atoms with Gasteiger partial charge in [-0.25, -0.2) is 19.5 Å². The molecule has 4 aromatic heterocycles. The van der Waals surface area contributed by atoms with Crippen molar-refractivity contribution in [3.63, 3.8) is 0 Å². The Balaban J connectivity index is 1.77. The van der Waals surface area contributed by atoms with Gasteiger partial charge in [-0.2, -0.15) is 5.10 Å². The maximum atomic E-state index is 4.65.